The number of aromatic nitrogens is 3. The molecule has 0 bridgehead atoms. The molecule has 3 aromatic heterocycles. The molecule has 4 rings (SSSR count). The van der Waals surface area contributed by atoms with Crippen molar-refractivity contribution in [3.63, 3.8) is 0 Å². The number of benzene rings is 1. The van der Waals surface area contributed by atoms with Gasteiger partial charge in [-0.05, 0) is 38.5 Å². The molecule has 0 amide bonds. The SMILES string of the molecule is CCOc1nc2nc(-c3sc(C)nc3C)ccc2c(-c2ccccc2)c1C#N. The molecule has 0 unspecified atom stereocenters. The monoisotopic (exact) mass is 386 g/mol. The minimum Gasteiger partial charge on any atom is -0.477 e. The first-order valence-corrected chi connectivity index (χ1v) is 9.81. The van der Waals surface area contributed by atoms with Crippen LogP contribution in [0.3, 0.4) is 0 Å². The Morgan fingerprint density at radius 1 is 1.04 bits per heavy atom. The van der Waals surface area contributed by atoms with E-state index in [0.29, 0.717) is 23.7 Å². The largest absolute Gasteiger partial charge is 0.477 e. The molecular formula is C22H18N4OS. The smallest absolute Gasteiger partial charge is 0.234 e. The molecule has 0 aliphatic heterocycles. The van der Waals surface area contributed by atoms with Crippen molar-refractivity contribution < 1.29 is 4.74 Å². The highest BCUT2D eigenvalue weighted by Crippen LogP contribution is 2.37. The second-order valence-corrected chi connectivity index (χ2v) is 7.50. The molecule has 0 N–H and O–H groups in total. The van der Waals surface area contributed by atoms with Gasteiger partial charge >= 0.3 is 0 Å². The van der Waals surface area contributed by atoms with Gasteiger partial charge in [0.2, 0.25) is 5.88 Å². The Kier molecular flexibility index (Phi) is 4.76. The van der Waals surface area contributed by atoms with Crippen LogP contribution >= 0.6 is 11.3 Å². The maximum atomic E-state index is 9.82. The van der Waals surface area contributed by atoms with Crippen molar-refractivity contribution >= 4 is 22.4 Å². The van der Waals surface area contributed by atoms with Gasteiger partial charge < -0.3 is 4.74 Å². The lowest BCUT2D eigenvalue weighted by molar-refractivity contribution is 0.327. The zero-order valence-corrected chi connectivity index (χ0v) is 16.7. The van der Waals surface area contributed by atoms with Gasteiger partial charge in [-0.25, -0.2) is 9.97 Å². The van der Waals surface area contributed by atoms with E-state index in [2.05, 4.69) is 16.0 Å². The van der Waals surface area contributed by atoms with Gasteiger partial charge in [0.1, 0.15) is 11.6 Å². The molecule has 0 spiro atoms. The predicted molar refractivity (Wildman–Crippen MR) is 111 cm³/mol. The number of thiazole rings is 1. The molecular weight excluding hydrogens is 368 g/mol. The number of aryl methyl sites for hydroxylation is 2. The quantitative estimate of drug-likeness (QED) is 0.475. The van der Waals surface area contributed by atoms with Gasteiger partial charge in [0, 0.05) is 10.9 Å². The lowest BCUT2D eigenvalue weighted by Crippen LogP contribution is -2.02. The minimum absolute atomic E-state index is 0.318. The van der Waals surface area contributed by atoms with Crippen molar-refractivity contribution in [2.24, 2.45) is 0 Å². The van der Waals surface area contributed by atoms with E-state index >= 15 is 0 Å². The highest BCUT2D eigenvalue weighted by Gasteiger charge is 2.19. The molecule has 0 aliphatic rings. The van der Waals surface area contributed by atoms with Crippen molar-refractivity contribution in [2.75, 3.05) is 6.61 Å². The Morgan fingerprint density at radius 3 is 2.46 bits per heavy atom. The van der Waals surface area contributed by atoms with E-state index in [1.165, 1.54) is 0 Å². The number of hydrogen-bond donors (Lipinski definition) is 0. The summed E-state index contributed by atoms with van der Waals surface area (Å²) in [4.78, 5) is 14.9. The summed E-state index contributed by atoms with van der Waals surface area (Å²) in [5.74, 6) is 0.318. The number of ether oxygens (including phenoxy) is 1. The summed E-state index contributed by atoms with van der Waals surface area (Å²) in [5, 5.41) is 11.7. The molecule has 0 aliphatic carbocycles. The van der Waals surface area contributed by atoms with E-state index in [9.17, 15) is 5.26 Å². The number of pyridine rings is 2. The topological polar surface area (TPSA) is 71.7 Å². The number of hydrogen-bond acceptors (Lipinski definition) is 6. The second kappa shape index (κ2) is 7.37. The molecule has 5 nitrogen and oxygen atoms in total. The van der Waals surface area contributed by atoms with Crippen LogP contribution in [0, 0.1) is 25.2 Å². The van der Waals surface area contributed by atoms with Crippen LogP contribution in [0.15, 0.2) is 42.5 Å². The normalized spacial score (nSPS) is 10.8. The van der Waals surface area contributed by atoms with Gasteiger partial charge in [-0.2, -0.15) is 10.2 Å². The third kappa shape index (κ3) is 3.10. The van der Waals surface area contributed by atoms with Gasteiger partial charge in [-0.1, -0.05) is 30.3 Å². The maximum absolute atomic E-state index is 9.82. The molecule has 3 heterocycles. The van der Waals surface area contributed by atoms with Crippen LogP contribution in [0.5, 0.6) is 5.88 Å². The lowest BCUT2D eigenvalue weighted by Gasteiger charge is -2.13. The Bertz CT molecular complexity index is 1210. The standard InChI is InChI=1S/C22H18N4OS/c1-4-27-22-17(12-23)19(15-8-6-5-7-9-15)16-10-11-18(25-21(16)26-22)20-13(2)24-14(3)28-20/h5-11H,4H2,1-3H3. The first-order chi connectivity index (χ1) is 13.6. The van der Waals surface area contributed by atoms with Crippen molar-refractivity contribution in [1.29, 1.82) is 5.26 Å². The molecule has 28 heavy (non-hydrogen) atoms. The highest BCUT2D eigenvalue weighted by atomic mass is 32.1. The Hall–Kier alpha value is -3.30. The van der Waals surface area contributed by atoms with Gasteiger partial charge in [-0.15, -0.1) is 11.3 Å². The third-order valence-corrected chi connectivity index (χ3v) is 5.50. The lowest BCUT2D eigenvalue weighted by atomic mass is 9.97. The van der Waals surface area contributed by atoms with E-state index in [-0.39, 0.29) is 0 Å². The zero-order chi connectivity index (χ0) is 19.7. The van der Waals surface area contributed by atoms with E-state index in [1.54, 1.807) is 11.3 Å². The van der Waals surface area contributed by atoms with Crippen LogP contribution in [0.4, 0.5) is 0 Å². The van der Waals surface area contributed by atoms with E-state index in [0.717, 1.165) is 37.8 Å². The van der Waals surface area contributed by atoms with E-state index < -0.39 is 0 Å². The van der Waals surface area contributed by atoms with Crippen molar-refractivity contribution in [2.45, 2.75) is 20.8 Å². The molecule has 0 fully saturated rings. The van der Waals surface area contributed by atoms with E-state index in [4.69, 9.17) is 9.72 Å². The summed E-state index contributed by atoms with van der Waals surface area (Å²) in [5.41, 5.74) is 4.51. The van der Waals surface area contributed by atoms with Gasteiger partial charge in [0.25, 0.3) is 0 Å². The molecule has 6 heteroatoms. The summed E-state index contributed by atoms with van der Waals surface area (Å²) < 4.78 is 5.69. The van der Waals surface area contributed by atoms with Gasteiger partial charge in [-0.3, -0.25) is 0 Å². The maximum Gasteiger partial charge on any atom is 0.234 e. The van der Waals surface area contributed by atoms with E-state index in [1.807, 2.05) is 63.2 Å². The fourth-order valence-corrected chi connectivity index (χ4v) is 4.16. The first kappa shape index (κ1) is 18.1. The summed E-state index contributed by atoms with van der Waals surface area (Å²) in [6.45, 7) is 6.27. The van der Waals surface area contributed by atoms with Crippen LogP contribution in [-0.2, 0) is 0 Å². The fraction of sp³-hybridized carbons (Fsp3) is 0.182. The average molecular weight is 386 g/mol. The highest BCUT2D eigenvalue weighted by molar-refractivity contribution is 7.15. The Morgan fingerprint density at radius 2 is 1.82 bits per heavy atom. The summed E-state index contributed by atoms with van der Waals surface area (Å²) in [6.07, 6.45) is 0. The van der Waals surface area contributed by atoms with Gasteiger partial charge in [0.15, 0.2) is 5.65 Å². The predicted octanol–water partition coefficient (Wildman–Crippen LogP) is 5.31. The molecule has 0 saturated heterocycles. The minimum atomic E-state index is 0.318. The Balaban J connectivity index is 2.03. The van der Waals surface area contributed by atoms with Crippen molar-refractivity contribution in [3.8, 4) is 33.6 Å². The first-order valence-electron chi connectivity index (χ1n) is 8.99. The molecule has 1 aromatic carbocycles. The average Bonchev–Trinajstić information content (AvgIpc) is 3.05. The summed E-state index contributed by atoms with van der Waals surface area (Å²) >= 11 is 1.61. The van der Waals surface area contributed by atoms with Crippen LogP contribution in [0.25, 0.3) is 32.7 Å². The molecule has 4 aromatic rings. The van der Waals surface area contributed by atoms with Crippen molar-refractivity contribution in [1.82, 2.24) is 15.0 Å². The third-order valence-electron chi connectivity index (χ3n) is 4.41. The molecule has 0 atom stereocenters. The fourth-order valence-electron chi connectivity index (χ4n) is 3.27. The summed E-state index contributed by atoms with van der Waals surface area (Å²) in [6, 6.07) is 16.1. The molecule has 0 saturated carbocycles. The van der Waals surface area contributed by atoms with Crippen molar-refractivity contribution in [3.05, 3.63) is 58.7 Å². The number of rotatable bonds is 4. The van der Waals surface area contributed by atoms with Crippen LogP contribution in [0.1, 0.15) is 23.2 Å². The number of nitriles is 1. The number of nitrogens with zero attached hydrogens (tertiary/aromatic N) is 4. The van der Waals surface area contributed by atoms with Crippen LogP contribution < -0.4 is 4.74 Å². The molecule has 0 radical (unpaired) electrons. The van der Waals surface area contributed by atoms with Crippen LogP contribution in [0.2, 0.25) is 0 Å². The summed E-state index contributed by atoms with van der Waals surface area (Å²) in [7, 11) is 0. The number of fused-ring (bicyclic) bond motifs is 1. The zero-order valence-electron chi connectivity index (χ0n) is 15.9. The molecule has 138 valence electrons. The van der Waals surface area contributed by atoms with Crippen LogP contribution in [-0.4, -0.2) is 21.6 Å². The van der Waals surface area contributed by atoms with Gasteiger partial charge in [0.05, 0.1) is 27.9 Å². The Labute approximate surface area is 167 Å². The second-order valence-electron chi connectivity index (χ2n) is 6.29.